The Kier molecular flexibility index (Phi) is 5.13. The fourth-order valence-corrected chi connectivity index (χ4v) is 2.06. The van der Waals surface area contributed by atoms with Gasteiger partial charge >= 0.3 is 0 Å². The van der Waals surface area contributed by atoms with Crippen LogP contribution in [-0.2, 0) is 13.1 Å². The summed E-state index contributed by atoms with van der Waals surface area (Å²) in [6.45, 7) is 1.22. The van der Waals surface area contributed by atoms with Gasteiger partial charge in [0.05, 0.1) is 25.9 Å². The topological polar surface area (TPSA) is 67.2 Å². The van der Waals surface area contributed by atoms with Crippen LogP contribution in [0.15, 0.2) is 36.5 Å². The number of aromatic nitrogens is 1. The maximum absolute atomic E-state index is 8.96. The van der Waals surface area contributed by atoms with Crippen LogP contribution in [0.1, 0.15) is 16.7 Å². The van der Waals surface area contributed by atoms with Crippen LogP contribution >= 0.6 is 0 Å². The second kappa shape index (κ2) is 7.27. The summed E-state index contributed by atoms with van der Waals surface area (Å²) in [5.41, 5.74) is 2.54. The van der Waals surface area contributed by atoms with Crippen LogP contribution < -0.4 is 14.8 Å². The van der Waals surface area contributed by atoms with Crippen LogP contribution in [-0.4, -0.2) is 19.2 Å². The van der Waals surface area contributed by atoms with Crippen LogP contribution in [0.3, 0.4) is 0 Å². The third kappa shape index (κ3) is 3.71. The molecular weight excluding hydrogens is 266 g/mol. The van der Waals surface area contributed by atoms with Gasteiger partial charge in [-0.2, -0.15) is 5.26 Å². The number of ether oxygens (including phenoxy) is 2. The molecule has 0 aliphatic carbocycles. The van der Waals surface area contributed by atoms with Crippen LogP contribution in [0.5, 0.6) is 11.6 Å². The molecule has 0 unspecified atom stereocenters. The first kappa shape index (κ1) is 14.8. The molecule has 0 spiro atoms. The highest BCUT2D eigenvalue weighted by Gasteiger charge is 2.06. The highest BCUT2D eigenvalue weighted by molar-refractivity contribution is 5.42. The van der Waals surface area contributed by atoms with Gasteiger partial charge < -0.3 is 14.8 Å². The van der Waals surface area contributed by atoms with Gasteiger partial charge in [-0.3, -0.25) is 0 Å². The summed E-state index contributed by atoms with van der Waals surface area (Å²) in [5, 5.41) is 12.3. The minimum absolute atomic E-state index is 0.594. The average Bonchev–Trinajstić information content (AvgIpc) is 2.55. The zero-order chi connectivity index (χ0) is 15.1. The molecule has 2 rings (SSSR count). The predicted molar refractivity (Wildman–Crippen MR) is 79.0 cm³/mol. The lowest BCUT2D eigenvalue weighted by molar-refractivity contribution is 0.390. The van der Waals surface area contributed by atoms with Crippen LogP contribution in [0.4, 0.5) is 0 Å². The summed E-state index contributed by atoms with van der Waals surface area (Å²) in [7, 11) is 3.22. The zero-order valence-corrected chi connectivity index (χ0v) is 12.1. The Bertz CT molecular complexity index is 650. The molecule has 0 radical (unpaired) electrons. The van der Waals surface area contributed by atoms with Gasteiger partial charge in [0, 0.05) is 30.4 Å². The van der Waals surface area contributed by atoms with Gasteiger partial charge in [0.15, 0.2) is 0 Å². The molecule has 1 N–H and O–H groups in total. The number of methoxy groups -OCH3 is 2. The van der Waals surface area contributed by atoms with Gasteiger partial charge in [-0.1, -0.05) is 6.07 Å². The standard InChI is InChI=1S/C16H17N3O2/c1-20-15-6-5-12(9-17)8-14(15)11-18-10-13-4-3-7-19-16(13)21-2/h3-8,18H,10-11H2,1-2H3. The van der Waals surface area contributed by atoms with Crippen molar-refractivity contribution < 1.29 is 9.47 Å². The molecule has 5 nitrogen and oxygen atoms in total. The zero-order valence-electron chi connectivity index (χ0n) is 12.1. The van der Waals surface area contributed by atoms with Crippen molar-refractivity contribution in [1.82, 2.24) is 10.3 Å². The van der Waals surface area contributed by atoms with E-state index in [1.807, 2.05) is 18.2 Å². The van der Waals surface area contributed by atoms with Crippen molar-refractivity contribution in [2.75, 3.05) is 14.2 Å². The molecule has 0 aliphatic rings. The first-order chi connectivity index (χ1) is 10.3. The van der Waals surface area contributed by atoms with E-state index in [-0.39, 0.29) is 0 Å². The normalized spacial score (nSPS) is 9.95. The molecule has 1 heterocycles. The number of nitrogens with one attached hydrogen (secondary N) is 1. The fraction of sp³-hybridized carbons (Fsp3) is 0.250. The lowest BCUT2D eigenvalue weighted by atomic mass is 10.1. The molecule has 0 saturated heterocycles. The number of hydrogen-bond acceptors (Lipinski definition) is 5. The van der Waals surface area contributed by atoms with Gasteiger partial charge in [0.25, 0.3) is 0 Å². The van der Waals surface area contributed by atoms with E-state index in [2.05, 4.69) is 16.4 Å². The van der Waals surface area contributed by atoms with Crippen molar-refractivity contribution in [2.24, 2.45) is 0 Å². The number of pyridine rings is 1. The van der Waals surface area contributed by atoms with E-state index in [0.29, 0.717) is 24.5 Å². The van der Waals surface area contributed by atoms with E-state index < -0.39 is 0 Å². The second-order valence-electron chi connectivity index (χ2n) is 4.41. The maximum atomic E-state index is 8.96. The predicted octanol–water partition coefficient (Wildman–Crippen LogP) is 2.26. The SMILES string of the molecule is COc1ccc(C#N)cc1CNCc1cccnc1OC. The molecule has 5 heteroatoms. The second-order valence-corrected chi connectivity index (χ2v) is 4.41. The van der Waals surface area contributed by atoms with E-state index in [0.717, 1.165) is 16.9 Å². The van der Waals surface area contributed by atoms with Crippen LogP contribution in [0.2, 0.25) is 0 Å². The minimum atomic E-state index is 0.594. The Morgan fingerprint density at radius 1 is 1.14 bits per heavy atom. The van der Waals surface area contributed by atoms with E-state index in [1.165, 1.54) is 0 Å². The van der Waals surface area contributed by atoms with E-state index in [1.54, 1.807) is 32.5 Å². The first-order valence-corrected chi connectivity index (χ1v) is 6.54. The summed E-state index contributed by atoms with van der Waals surface area (Å²) in [6.07, 6.45) is 1.70. The number of nitriles is 1. The highest BCUT2D eigenvalue weighted by Crippen LogP contribution is 2.20. The van der Waals surface area contributed by atoms with E-state index in [4.69, 9.17) is 14.7 Å². The van der Waals surface area contributed by atoms with Crippen molar-refractivity contribution in [1.29, 1.82) is 5.26 Å². The van der Waals surface area contributed by atoms with Gasteiger partial charge in [-0.25, -0.2) is 4.98 Å². The Hall–Kier alpha value is -2.58. The molecule has 21 heavy (non-hydrogen) atoms. The highest BCUT2D eigenvalue weighted by atomic mass is 16.5. The Balaban J connectivity index is 2.05. The molecule has 0 atom stereocenters. The van der Waals surface area contributed by atoms with Crippen molar-refractivity contribution >= 4 is 0 Å². The Morgan fingerprint density at radius 3 is 2.67 bits per heavy atom. The molecule has 2 aromatic rings. The minimum Gasteiger partial charge on any atom is -0.496 e. The fourth-order valence-electron chi connectivity index (χ4n) is 2.06. The van der Waals surface area contributed by atoms with E-state index in [9.17, 15) is 0 Å². The average molecular weight is 283 g/mol. The third-order valence-corrected chi connectivity index (χ3v) is 3.08. The Morgan fingerprint density at radius 2 is 1.95 bits per heavy atom. The lowest BCUT2D eigenvalue weighted by Crippen LogP contribution is -2.14. The molecule has 1 aromatic carbocycles. The molecular formula is C16H17N3O2. The Labute approximate surface area is 124 Å². The van der Waals surface area contributed by atoms with Crippen molar-refractivity contribution in [2.45, 2.75) is 13.1 Å². The molecule has 0 fully saturated rings. The smallest absolute Gasteiger partial charge is 0.217 e. The van der Waals surface area contributed by atoms with E-state index >= 15 is 0 Å². The quantitative estimate of drug-likeness (QED) is 0.880. The van der Waals surface area contributed by atoms with Crippen molar-refractivity contribution in [3.8, 4) is 17.7 Å². The largest absolute Gasteiger partial charge is 0.496 e. The number of benzene rings is 1. The van der Waals surface area contributed by atoms with Gasteiger partial charge in [0.1, 0.15) is 5.75 Å². The monoisotopic (exact) mass is 283 g/mol. The molecule has 0 bridgehead atoms. The van der Waals surface area contributed by atoms with Gasteiger partial charge in [0.2, 0.25) is 5.88 Å². The maximum Gasteiger partial charge on any atom is 0.217 e. The number of rotatable bonds is 6. The molecule has 0 saturated carbocycles. The molecule has 1 aromatic heterocycles. The summed E-state index contributed by atoms with van der Waals surface area (Å²) in [4.78, 5) is 4.15. The summed E-state index contributed by atoms with van der Waals surface area (Å²) < 4.78 is 10.5. The summed E-state index contributed by atoms with van der Waals surface area (Å²) in [5.74, 6) is 1.38. The third-order valence-electron chi connectivity index (χ3n) is 3.08. The number of hydrogen-bond donors (Lipinski definition) is 1. The van der Waals surface area contributed by atoms with Crippen LogP contribution in [0, 0.1) is 11.3 Å². The first-order valence-electron chi connectivity index (χ1n) is 6.54. The van der Waals surface area contributed by atoms with Crippen LogP contribution in [0.25, 0.3) is 0 Å². The number of nitrogens with zero attached hydrogens (tertiary/aromatic N) is 2. The summed E-state index contributed by atoms with van der Waals surface area (Å²) >= 11 is 0. The van der Waals surface area contributed by atoms with Crippen molar-refractivity contribution in [3.05, 3.63) is 53.2 Å². The van der Waals surface area contributed by atoms with Gasteiger partial charge in [-0.15, -0.1) is 0 Å². The summed E-state index contributed by atoms with van der Waals surface area (Å²) in [6, 6.07) is 11.3. The van der Waals surface area contributed by atoms with Gasteiger partial charge in [-0.05, 0) is 24.3 Å². The molecule has 0 amide bonds. The lowest BCUT2D eigenvalue weighted by Gasteiger charge is -2.11. The van der Waals surface area contributed by atoms with Crippen molar-refractivity contribution in [3.63, 3.8) is 0 Å². The molecule has 108 valence electrons. The molecule has 0 aliphatic heterocycles.